The van der Waals surface area contributed by atoms with E-state index in [2.05, 4.69) is 38.9 Å². The molecule has 3 fully saturated rings. The Morgan fingerprint density at radius 1 is 1.12 bits per heavy atom. The summed E-state index contributed by atoms with van der Waals surface area (Å²) in [5.41, 5.74) is 2.03. The molecule has 0 spiro atoms. The molecule has 0 N–H and O–H groups in total. The van der Waals surface area contributed by atoms with E-state index in [1.807, 2.05) is 0 Å². The molecule has 0 bridgehead atoms. The predicted octanol–water partition coefficient (Wildman–Crippen LogP) is 4.47. The fourth-order valence-corrected chi connectivity index (χ4v) is 6.94. The topological polar surface area (TPSA) is 29.5 Å². The molecule has 0 aromatic rings. The summed E-state index contributed by atoms with van der Waals surface area (Å²) >= 11 is 0. The highest BCUT2D eigenvalue weighted by Gasteiger charge is 2.58. The van der Waals surface area contributed by atoms with Gasteiger partial charge in [0.2, 0.25) is 0 Å². The van der Waals surface area contributed by atoms with Crippen LogP contribution >= 0.6 is 0 Å². The molecule has 0 aliphatic heterocycles. The van der Waals surface area contributed by atoms with E-state index in [0.29, 0.717) is 23.2 Å². The summed E-state index contributed by atoms with van der Waals surface area (Å²) in [6.45, 7) is 6.66. The maximum atomic E-state index is 12.5. The largest absolute Gasteiger partial charge is 0.377 e. The molecule has 0 aromatic heterocycles. The van der Waals surface area contributed by atoms with Crippen LogP contribution < -0.4 is 0 Å². The van der Waals surface area contributed by atoms with Crippen molar-refractivity contribution in [1.29, 1.82) is 0 Å². The van der Waals surface area contributed by atoms with Gasteiger partial charge >= 0.3 is 0 Å². The average Bonchev–Trinajstić information content (AvgIpc) is 2.90. The minimum atomic E-state index is -0.00460. The van der Waals surface area contributed by atoms with Crippen LogP contribution in [0.1, 0.15) is 65.2 Å². The first-order valence-corrected chi connectivity index (χ1v) is 10.8. The summed E-state index contributed by atoms with van der Waals surface area (Å²) in [5, 5.41) is 0. The van der Waals surface area contributed by atoms with E-state index in [-0.39, 0.29) is 5.41 Å². The highest BCUT2D eigenvalue weighted by molar-refractivity contribution is 5.87. The zero-order chi connectivity index (χ0) is 18.5. The molecule has 0 unspecified atom stereocenters. The number of ether oxygens (including phenoxy) is 1. The van der Waals surface area contributed by atoms with Crippen LogP contribution in [0.5, 0.6) is 0 Å². The van der Waals surface area contributed by atoms with Crippen molar-refractivity contribution < 1.29 is 9.53 Å². The lowest BCUT2D eigenvalue weighted by Gasteiger charge is -2.57. The fourth-order valence-electron chi connectivity index (χ4n) is 6.94. The molecular formula is C23H37NO2. The van der Waals surface area contributed by atoms with Crippen LogP contribution in [-0.4, -0.2) is 44.0 Å². The van der Waals surface area contributed by atoms with Crippen molar-refractivity contribution >= 4 is 5.78 Å². The van der Waals surface area contributed by atoms with Crippen LogP contribution in [0.4, 0.5) is 0 Å². The molecule has 3 nitrogen and oxygen atoms in total. The SMILES string of the molecule is CN(C)CCO[C@H]1CC[C@@]2(C)C(=CC[C@@H]3[C@@H]2CC[C@]2(C)C(=O)CC[C@@H]32)C1. The van der Waals surface area contributed by atoms with Crippen molar-refractivity contribution in [3.63, 3.8) is 0 Å². The van der Waals surface area contributed by atoms with E-state index >= 15 is 0 Å². The van der Waals surface area contributed by atoms with Crippen molar-refractivity contribution in [3.05, 3.63) is 11.6 Å². The molecule has 3 heteroatoms. The lowest BCUT2D eigenvalue weighted by Crippen LogP contribution is -2.50. The molecule has 4 rings (SSSR count). The van der Waals surface area contributed by atoms with Gasteiger partial charge in [-0.15, -0.1) is 0 Å². The fraction of sp³-hybridized carbons (Fsp3) is 0.870. The standard InChI is InChI=1S/C23H37NO2/c1-22-11-9-17(26-14-13-24(3)4)15-16(22)5-6-18-19-7-8-21(25)23(19,2)12-10-20(18)22/h5,17-20H,6-15H2,1-4H3/t17-,18-,19-,20-,22-,23-/m0/s1. The van der Waals surface area contributed by atoms with E-state index in [4.69, 9.17) is 4.74 Å². The Morgan fingerprint density at radius 2 is 1.85 bits per heavy atom. The number of ketones is 1. The summed E-state index contributed by atoms with van der Waals surface area (Å²) in [7, 11) is 4.21. The predicted molar refractivity (Wildman–Crippen MR) is 105 cm³/mol. The summed E-state index contributed by atoms with van der Waals surface area (Å²) in [5.74, 6) is 2.71. The lowest BCUT2D eigenvalue weighted by molar-refractivity contribution is -0.132. The van der Waals surface area contributed by atoms with Gasteiger partial charge in [-0.1, -0.05) is 25.5 Å². The third-order valence-corrected chi connectivity index (χ3v) is 8.66. The maximum Gasteiger partial charge on any atom is 0.139 e. The summed E-state index contributed by atoms with van der Waals surface area (Å²) < 4.78 is 6.20. The van der Waals surface area contributed by atoms with Gasteiger partial charge < -0.3 is 9.64 Å². The van der Waals surface area contributed by atoms with Gasteiger partial charge in [0.15, 0.2) is 0 Å². The second kappa shape index (κ2) is 6.74. The number of rotatable bonds is 4. The number of carbonyl (C=O) groups excluding carboxylic acids is 1. The highest BCUT2D eigenvalue weighted by Crippen LogP contribution is 2.64. The molecule has 0 amide bonds. The van der Waals surface area contributed by atoms with Crippen molar-refractivity contribution in [2.24, 2.45) is 28.6 Å². The molecule has 0 aromatic carbocycles. The van der Waals surface area contributed by atoms with Gasteiger partial charge in [-0.2, -0.15) is 0 Å². The zero-order valence-electron chi connectivity index (χ0n) is 17.2. The minimum absolute atomic E-state index is 0.00460. The van der Waals surface area contributed by atoms with Gasteiger partial charge in [0, 0.05) is 18.4 Å². The van der Waals surface area contributed by atoms with Crippen molar-refractivity contribution in [2.45, 2.75) is 71.3 Å². The Labute approximate surface area is 159 Å². The normalized spacial score (nSPS) is 45.1. The van der Waals surface area contributed by atoms with Crippen molar-refractivity contribution in [2.75, 3.05) is 27.2 Å². The molecule has 146 valence electrons. The van der Waals surface area contributed by atoms with Crippen LogP contribution in [0, 0.1) is 28.6 Å². The van der Waals surface area contributed by atoms with Crippen LogP contribution in [0.15, 0.2) is 11.6 Å². The second-order valence-electron chi connectivity index (χ2n) is 10.2. The smallest absolute Gasteiger partial charge is 0.139 e. The number of hydrogen-bond acceptors (Lipinski definition) is 3. The Hall–Kier alpha value is -0.670. The second-order valence-corrected chi connectivity index (χ2v) is 10.2. The average molecular weight is 360 g/mol. The Balaban J connectivity index is 1.48. The maximum absolute atomic E-state index is 12.5. The Morgan fingerprint density at radius 3 is 2.62 bits per heavy atom. The molecule has 0 radical (unpaired) electrons. The first-order chi connectivity index (χ1) is 12.3. The van der Waals surface area contributed by atoms with E-state index in [1.165, 1.54) is 25.7 Å². The van der Waals surface area contributed by atoms with Gasteiger partial charge in [-0.25, -0.2) is 0 Å². The van der Waals surface area contributed by atoms with Crippen LogP contribution in [-0.2, 0) is 9.53 Å². The van der Waals surface area contributed by atoms with E-state index in [9.17, 15) is 4.79 Å². The van der Waals surface area contributed by atoms with Gasteiger partial charge in [0.05, 0.1) is 12.7 Å². The molecule has 0 saturated heterocycles. The zero-order valence-corrected chi connectivity index (χ0v) is 17.2. The van der Waals surface area contributed by atoms with E-state index in [1.54, 1.807) is 5.57 Å². The number of likely N-dealkylation sites (N-methyl/N-ethyl adjacent to an activating group) is 1. The molecule has 4 aliphatic rings. The number of nitrogens with zero attached hydrogens (tertiary/aromatic N) is 1. The number of carbonyl (C=O) groups is 1. The van der Waals surface area contributed by atoms with Gasteiger partial charge in [-0.3, -0.25) is 4.79 Å². The number of Topliss-reactive ketones (excluding diaryl/α,β-unsaturated/α-hetero) is 1. The molecular weight excluding hydrogens is 322 g/mol. The highest BCUT2D eigenvalue weighted by atomic mass is 16.5. The first-order valence-electron chi connectivity index (χ1n) is 10.8. The first kappa shape index (κ1) is 18.7. The van der Waals surface area contributed by atoms with Gasteiger partial charge in [0.25, 0.3) is 0 Å². The van der Waals surface area contributed by atoms with Crippen LogP contribution in [0.25, 0.3) is 0 Å². The Kier molecular flexibility index (Phi) is 4.84. The summed E-state index contributed by atoms with van der Waals surface area (Å²) in [6.07, 6.45) is 12.1. The summed E-state index contributed by atoms with van der Waals surface area (Å²) in [4.78, 5) is 14.7. The number of allylic oxidation sites excluding steroid dienone is 1. The number of hydrogen-bond donors (Lipinski definition) is 0. The molecule has 3 saturated carbocycles. The van der Waals surface area contributed by atoms with E-state index < -0.39 is 0 Å². The van der Waals surface area contributed by atoms with Crippen LogP contribution in [0.2, 0.25) is 0 Å². The lowest BCUT2D eigenvalue weighted by atomic mass is 9.48. The van der Waals surface area contributed by atoms with Gasteiger partial charge in [-0.05, 0) is 82.2 Å². The van der Waals surface area contributed by atoms with Crippen molar-refractivity contribution in [1.82, 2.24) is 4.90 Å². The quantitative estimate of drug-likeness (QED) is 0.694. The monoisotopic (exact) mass is 359 g/mol. The Bertz CT molecular complexity index is 597. The third-order valence-electron chi connectivity index (χ3n) is 8.66. The molecule has 26 heavy (non-hydrogen) atoms. The van der Waals surface area contributed by atoms with Gasteiger partial charge in [0.1, 0.15) is 5.78 Å². The molecule has 6 atom stereocenters. The third kappa shape index (κ3) is 2.90. The van der Waals surface area contributed by atoms with E-state index in [0.717, 1.165) is 50.7 Å². The minimum Gasteiger partial charge on any atom is -0.377 e. The molecule has 0 heterocycles. The summed E-state index contributed by atoms with van der Waals surface area (Å²) in [6, 6.07) is 0. The van der Waals surface area contributed by atoms with Crippen molar-refractivity contribution in [3.8, 4) is 0 Å². The number of fused-ring (bicyclic) bond motifs is 5. The molecule has 4 aliphatic carbocycles. The van der Waals surface area contributed by atoms with Crippen LogP contribution in [0.3, 0.4) is 0 Å².